The first-order chi connectivity index (χ1) is 4.88. The second-order valence-corrected chi connectivity index (χ2v) is 1.93. The molecular weight excluding hydrogens is 128 g/mol. The highest BCUT2D eigenvalue weighted by Crippen LogP contribution is 2.03. The second-order valence-electron chi connectivity index (χ2n) is 1.93. The van der Waals surface area contributed by atoms with Crippen molar-refractivity contribution in [1.82, 2.24) is 0 Å². The Morgan fingerprint density at radius 2 is 2.40 bits per heavy atom. The molecule has 0 spiro atoms. The van der Waals surface area contributed by atoms with Gasteiger partial charge in [0, 0.05) is 6.08 Å². The zero-order valence-corrected chi connectivity index (χ0v) is 5.27. The summed E-state index contributed by atoms with van der Waals surface area (Å²) in [5, 5.41) is 0. The van der Waals surface area contributed by atoms with Gasteiger partial charge in [0.05, 0.1) is 0 Å². The maximum absolute atomic E-state index is 10.3. The van der Waals surface area contributed by atoms with E-state index in [1.165, 1.54) is 0 Å². The highest BCUT2D eigenvalue weighted by molar-refractivity contribution is 6.03. The Bertz CT molecular complexity index is 246. The van der Waals surface area contributed by atoms with Gasteiger partial charge in [-0.2, -0.15) is 4.79 Å². The Balaban J connectivity index is 2.94. The van der Waals surface area contributed by atoms with Crippen LogP contribution >= 0.6 is 0 Å². The molecule has 0 bridgehead atoms. The molecule has 0 fully saturated rings. The SMILES string of the molecule is [N-]=[N+]=C1C=CC=CC1C=O. The van der Waals surface area contributed by atoms with Crippen molar-refractivity contribution in [2.45, 2.75) is 0 Å². The lowest BCUT2D eigenvalue weighted by molar-refractivity contribution is -0.109. The van der Waals surface area contributed by atoms with Crippen LogP contribution in [-0.2, 0) is 4.79 Å². The molecule has 1 rings (SSSR count). The van der Waals surface area contributed by atoms with Gasteiger partial charge in [-0.05, 0) is 0 Å². The number of carbonyl (C=O) groups excluding carboxylic acids is 1. The smallest absolute Gasteiger partial charge is 0.305 e. The van der Waals surface area contributed by atoms with Crippen LogP contribution in [0.4, 0.5) is 0 Å². The third-order valence-electron chi connectivity index (χ3n) is 1.30. The molecule has 0 saturated carbocycles. The molecule has 0 amide bonds. The fourth-order valence-electron chi connectivity index (χ4n) is 0.763. The molecule has 0 heterocycles. The van der Waals surface area contributed by atoms with Crippen molar-refractivity contribution in [3.05, 3.63) is 29.8 Å². The first kappa shape index (κ1) is 6.65. The van der Waals surface area contributed by atoms with Crippen LogP contribution in [0, 0.1) is 5.92 Å². The Morgan fingerprint density at radius 1 is 1.60 bits per heavy atom. The maximum Gasteiger partial charge on any atom is 0.305 e. The molecule has 0 radical (unpaired) electrons. The van der Waals surface area contributed by atoms with E-state index < -0.39 is 0 Å². The quantitative estimate of drug-likeness (QED) is 0.294. The maximum atomic E-state index is 10.3. The number of rotatable bonds is 1. The van der Waals surface area contributed by atoms with Crippen LogP contribution in [0.25, 0.3) is 5.53 Å². The highest BCUT2D eigenvalue weighted by atomic mass is 16.1. The van der Waals surface area contributed by atoms with E-state index in [1.54, 1.807) is 24.3 Å². The van der Waals surface area contributed by atoms with E-state index in [2.05, 4.69) is 4.79 Å². The van der Waals surface area contributed by atoms with E-state index in [0.717, 1.165) is 6.29 Å². The van der Waals surface area contributed by atoms with Gasteiger partial charge in [0.25, 0.3) is 0 Å². The molecule has 10 heavy (non-hydrogen) atoms. The third kappa shape index (κ3) is 1.09. The van der Waals surface area contributed by atoms with Crippen LogP contribution in [0.15, 0.2) is 24.3 Å². The van der Waals surface area contributed by atoms with Crippen molar-refractivity contribution in [3.63, 3.8) is 0 Å². The lowest BCUT2D eigenvalue weighted by Gasteiger charge is -1.96. The average Bonchev–Trinajstić information content (AvgIpc) is 2.04. The molecule has 0 aromatic carbocycles. The number of hydrogen-bond donors (Lipinski definition) is 0. The summed E-state index contributed by atoms with van der Waals surface area (Å²) in [5.41, 5.74) is 8.72. The fraction of sp³-hybridized carbons (Fsp3) is 0.143. The number of nitrogens with zero attached hydrogens (tertiary/aromatic N) is 2. The van der Waals surface area contributed by atoms with Gasteiger partial charge in [-0.25, -0.2) is 0 Å². The minimum absolute atomic E-state index is 0.380. The summed E-state index contributed by atoms with van der Waals surface area (Å²) in [5.74, 6) is -0.380. The van der Waals surface area contributed by atoms with Crippen molar-refractivity contribution in [1.29, 1.82) is 0 Å². The molecule has 0 N–H and O–H groups in total. The fourth-order valence-corrected chi connectivity index (χ4v) is 0.763. The summed E-state index contributed by atoms with van der Waals surface area (Å²) in [4.78, 5) is 13.2. The van der Waals surface area contributed by atoms with Crippen molar-refractivity contribution in [3.8, 4) is 0 Å². The minimum Gasteiger partial charge on any atom is -0.361 e. The molecule has 1 aliphatic carbocycles. The van der Waals surface area contributed by atoms with E-state index in [4.69, 9.17) is 5.53 Å². The molecule has 3 nitrogen and oxygen atoms in total. The molecule has 1 unspecified atom stereocenters. The van der Waals surface area contributed by atoms with E-state index in [0.29, 0.717) is 5.71 Å². The van der Waals surface area contributed by atoms with E-state index >= 15 is 0 Å². The van der Waals surface area contributed by atoms with Crippen molar-refractivity contribution in [2.24, 2.45) is 5.92 Å². The molecule has 3 heteroatoms. The summed E-state index contributed by atoms with van der Waals surface area (Å²) in [6.07, 6.45) is 7.46. The molecule has 1 atom stereocenters. The van der Waals surface area contributed by atoms with Crippen LogP contribution in [-0.4, -0.2) is 16.8 Å². The van der Waals surface area contributed by atoms with Crippen LogP contribution in [0.1, 0.15) is 0 Å². The van der Waals surface area contributed by atoms with Gasteiger partial charge in [-0.3, -0.25) is 0 Å². The second kappa shape index (κ2) is 2.90. The Kier molecular flexibility index (Phi) is 1.92. The van der Waals surface area contributed by atoms with Gasteiger partial charge in [0.15, 0.2) is 0 Å². The predicted octanol–water partition coefficient (Wildman–Crippen LogP) is 0.598. The number of allylic oxidation sites excluding steroid dienone is 4. The number of hydrogen-bond acceptors (Lipinski definition) is 1. The zero-order valence-electron chi connectivity index (χ0n) is 5.27. The number of carbonyl (C=O) groups is 1. The lowest BCUT2D eigenvalue weighted by Crippen LogP contribution is -2.13. The average molecular weight is 134 g/mol. The molecule has 0 aromatic rings. The summed E-state index contributed by atoms with van der Waals surface area (Å²) >= 11 is 0. The third-order valence-corrected chi connectivity index (χ3v) is 1.30. The Labute approximate surface area is 58.3 Å². The summed E-state index contributed by atoms with van der Waals surface area (Å²) < 4.78 is 0. The standard InChI is InChI=1S/C7H6N2O/c8-9-7-4-2-1-3-6(7)5-10/h1-6H. The summed E-state index contributed by atoms with van der Waals surface area (Å²) in [6, 6.07) is 0. The van der Waals surface area contributed by atoms with Gasteiger partial charge in [-0.15, -0.1) is 0 Å². The van der Waals surface area contributed by atoms with Crippen LogP contribution in [0.3, 0.4) is 0 Å². The van der Waals surface area contributed by atoms with Gasteiger partial charge < -0.3 is 10.3 Å². The van der Waals surface area contributed by atoms with Crippen molar-refractivity contribution in [2.75, 3.05) is 0 Å². The van der Waals surface area contributed by atoms with Gasteiger partial charge >= 0.3 is 5.71 Å². The van der Waals surface area contributed by atoms with E-state index in [9.17, 15) is 4.79 Å². The molecule has 0 aliphatic heterocycles. The summed E-state index contributed by atoms with van der Waals surface area (Å²) in [6.45, 7) is 0. The monoisotopic (exact) mass is 134 g/mol. The van der Waals surface area contributed by atoms with Crippen LogP contribution in [0.2, 0.25) is 0 Å². The molecule has 1 aliphatic rings. The predicted molar refractivity (Wildman–Crippen MR) is 36.5 cm³/mol. The molecule has 0 saturated heterocycles. The highest BCUT2D eigenvalue weighted by Gasteiger charge is 2.18. The van der Waals surface area contributed by atoms with Crippen molar-refractivity contribution >= 4 is 12.0 Å². The van der Waals surface area contributed by atoms with E-state index in [-0.39, 0.29) is 5.92 Å². The first-order valence-electron chi connectivity index (χ1n) is 2.90. The Hall–Kier alpha value is -1.47. The van der Waals surface area contributed by atoms with Gasteiger partial charge in [-0.1, -0.05) is 18.2 Å². The first-order valence-corrected chi connectivity index (χ1v) is 2.90. The molecular formula is C7H6N2O. The normalized spacial score (nSPS) is 22.4. The van der Waals surface area contributed by atoms with Gasteiger partial charge in [0.1, 0.15) is 12.2 Å². The minimum atomic E-state index is -0.380. The van der Waals surface area contributed by atoms with Crippen LogP contribution < -0.4 is 0 Å². The van der Waals surface area contributed by atoms with E-state index in [1.807, 2.05) is 0 Å². The zero-order chi connectivity index (χ0) is 7.40. The lowest BCUT2D eigenvalue weighted by atomic mass is 10.0. The molecule has 0 aromatic heterocycles. The van der Waals surface area contributed by atoms with Crippen LogP contribution in [0.5, 0.6) is 0 Å². The van der Waals surface area contributed by atoms with Crippen molar-refractivity contribution < 1.29 is 9.58 Å². The molecule has 50 valence electrons. The number of aldehydes is 1. The Morgan fingerprint density at radius 3 is 2.90 bits per heavy atom. The topological polar surface area (TPSA) is 53.5 Å². The largest absolute Gasteiger partial charge is 0.361 e. The van der Waals surface area contributed by atoms with Gasteiger partial charge in [0.2, 0.25) is 0 Å². The summed E-state index contributed by atoms with van der Waals surface area (Å²) in [7, 11) is 0.